The molecular formula is C21H19F4N3O2. The Bertz CT molecular complexity index is 1050. The van der Waals surface area contributed by atoms with E-state index in [0.717, 1.165) is 12.1 Å². The number of benzene rings is 2. The van der Waals surface area contributed by atoms with Crippen LogP contribution in [0.25, 0.3) is 11.0 Å². The van der Waals surface area contributed by atoms with E-state index in [-0.39, 0.29) is 30.2 Å². The first-order valence-corrected chi connectivity index (χ1v) is 9.59. The van der Waals surface area contributed by atoms with Crippen molar-refractivity contribution in [2.45, 2.75) is 38.2 Å². The molecule has 0 spiro atoms. The van der Waals surface area contributed by atoms with Gasteiger partial charge in [-0.05, 0) is 31.0 Å². The van der Waals surface area contributed by atoms with E-state index in [1.54, 1.807) is 18.2 Å². The third-order valence-electron chi connectivity index (χ3n) is 5.12. The molecule has 1 N–H and O–H groups in total. The normalized spacial score (nSPS) is 17.2. The number of aromatic amines is 1. The van der Waals surface area contributed by atoms with Gasteiger partial charge in [0.1, 0.15) is 17.4 Å². The quantitative estimate of drug-likeness (QED) is 0.561. The Morgan fingerprint density at radius 3 is 2.70 bits per heavy atom. The van der Waals surface area contributed by atoms with Gasteiger partial charge in [-0.1, -0.05) is 0 Å². The Hall–Kier alpha value is -3.10. The second-order valence-electron chi connectivity index (χ2n) is 7.10. The monoisotopic (exact) mass is 421 g/mol. The molecule has 1 fully saturated rings. The van der Waals surface area contributed by atoms with Gasteiger partial charge in [-0.3, -0.25) is 4.79 Å². The number of amides is 1. The first-order valence-electron chi connectivity index (χ1n) is 9.59. The number of ether oxygens (including phenoxy) is 1. The van der Waals surface area contributed by atoms with Gasteiger partial charge in [0.2, 0.25) is 12.3 Å². The third-order valence-corrected chi connectivity index (χ3v) is 5.12. The number of piperidine rings is 1. The van der Waals surface area contributed by atoms with Crippen molar-refractivity contribution in [1.29, 1.82) is 0 Å². The summed E-state index contributed by atoms with van der Waals surface area (Å²) < 4.78 is 59.3. The standard InChI is InChI=1S/C21H19F4N3O2/c22-14-9-13(30-7-6-19(24)25)10-15(23)21(14)18-2-1-3-20(29)28(18)12-4-5-16-17(8-12)27-11-26-16/h4-5,8-11,18-19H,1-3,6-7H2,(H,26,27). The number of alkyl halides is 2. The lowest BCUT2D eigenvalue weighted by atomic mass is 9.93. The molecule has 0 aliphatic carbocycles. The van der Waals surface area contributed by atoms with Gasteiger partial charge in [-0.25, -0.2) is 22.5 Å². The third kappa shape index (κ3) is 3.96. The summed E-state index contributed by atoms with van der Waals surface area (Å²) in [5.74, 6) is -2.16. The molecule has 30 heavy (non-hydrogen) atoms. The van der Waals surface area contributed by atoms with Gasteiger partial charge in [-0.15, -0.1) is 0 Å². The van der Waals surface area contributed by atoms with Gasteiger partial charge in [0.15, 0.2) is 0 Å². The number of carbonyl (C=O) groups is 1. The Kier molecular flexibility index (Phi) is 5.61. The summed E-state index contributed by atoms with van der Waals surface area (Å²) in [5.41, 5.74) is 1.68. The molecular weight excluding hydrogens is 402 g/mol. The van der Waals surface area contributed by atoms with Crippen LogP contribution in [0.5, 0.6) is 5.75 Å². The molecule has 9 heteroatoms. The number of hydrogen-bond donors (Lipinski definition) is 1. The lowest BCUT2D eigenvalue weighted by Gasteiger charge is -2.36. The van der Waals surface area contributed by atoms with Crippen molar-refractivity contribution in [2.24, 2.45) is 0 Å². The smallest absolute Gasteiger partial charge is 0.241 e. The number of imidazole rings is 1. The molecule has 1 atom stereocenters. The van der Waals surface area contributed by atoms with Crippen molar-refractivity contribution in [3.63, 3.8) is 0 Å². The topological polar surface area (TPSA) is 58.2 Å². The zero-order valence-electron chi connectivity index (χ0n) is 15.9. The lowest BCUT2D eigenvalue weighted by molar-refractivity contribution is -0.120. The summed E-state index contributed by atoms with van der Waals surface area (Å²) in [4.78, 5) is 21.2. The van der Waals surface area contributed by atoms with Gasteiger partial charge >= 0.3 is 0 Å². The van der Waals surface area contributed by atoms with E-state index < -0.39 is 30.5 Å². The molecule has 2 heterocycles. The van der Waals surface area contributed by atoms with Crippen LogP contribution >= 0.6 is 0 Å². The van der Waals surface area contributed by atoms with Crippen molar-refractivity contribution < 1.29 is 27.1 Å². The number of hydrogen-bond acceptors (Lipinski definition) is 3. The first-order chi connectivity index (χ1) is 14.4. The minimum absolute atomic E-state index is 0.165. The van der Waals surface area contributed by atoms with E-state index in [0.29, 0.717) is 29.6 Å². The number of carbonyl (C=O) groups excluding carboxylic acids is 1. The molecule has 1 amide bonds. The van der Waals surface area contributed by atoms with Crippen molar-refractivity contribution in [3.05, 3.63) is 53.9 Å². The maximum Gasteiger partial charge on any atom is 0.241 e. The van der Waals surface area contributed by atoms with Crippen LogP contribution in [-0.2, 0) is 4.79 Å². The average molecular weight is 421 g/mol. The van der Waals surface area contributed by atoms with Crippen LogP contribution in [0.15, 0.2) is 36.7 Å². The van der Waals surface area contributed by atoms with Gasteiger partial charge in [0.25, 0.3) is 0 Å². The van der Waals surface area contributed by atoms with Crippen LogP contribution < -0.4 is 9.64 Å². The first kappa shape index (κ1) is 20.2. The fraction of sp³-hybridized carbons (Fsp3) is 0.333. The summed E-state index contributed by atoms with van der Waals surface area (Å²) in [6, 6.07) is 6.25. The van der Waals surface area contributed by atoms with Gasteiger partial charge in [0, 0.05) is 36.2 Å². The molecule has 158 valence electrons. The van der Waals surface area contributed by atoms with Crippen LogP contribution in [0.2, 0.25) is 0 Å². The highest BCUT2D eigenvalue weighted by Crippen LogP contribution is 2.39. The maximum absolute atomic E-state index is 14.9. The highest BCUT2D eigenvalue weighted by atomic mass is 19.3. The minimum atomic E-state index is -2.56. The summed E-state index contributed by atoms with van der Waals surface area (Å²) in [6.45, 7) is -0.353. The summed E-state index contributed by atoms with van der Waals surface area (Å²) in [5, 5.41) is 0. The number of fused-ring (bicyclic) bond motifs is 1. The van der Waals surface area contributed by atoms with E-state index in [1.165, 1.54) is 11.2 Å². The van der Waals surface area contributed by atoms with E-state index in [4.69, 9.17) is 4.74 Å². The number of H-pyrrole nitrogens is 1. The highest BCUT2D eigenvalue weighted by Gasteiger charge is 2.34. The van der Waals surface area contributed by atoms with E-state index >= 15 is 0 Å². The van der Waals surface area contributed by atoms with Crippen LogP contribution in [0, 0.1) is 11.6 Å². The molecule has 1 saturated heterocycles. The Labute approximate surface area is 169 Å². The predicted molar refractivity (Wildman–Crippen MR) is 103 cm³/mol. The fourth-order valence-electron chi connectivity index (χ4n) is 3.77. The van der Waals surface area contributed by atoms with Crippen molar-refractivity contribution in [3.8, 4) is 5.75 Å². The molecule has 0 bridgehead atoms. The van der Waals surface area contributed by atoms with Crippen molar-refractivity contribution in [1.82, 2.24) is 9.97 Å². The van der Waals surface area contributed by atoms with Crippen LogP contribution in [0.3, 0.4) is 0 Å². The molecule has 0 saturated carbocycles. The fourth-order valence-corrected chi connectivity index (χ4v) is 3.77. The molecule has 5 nitrogen and oxygen atoms in total. The number of aromatic nitrogens is 2. The van der Waals surface area contributed by atoms with Crippen molar-refractivity contribution in [2.75, 3.05) is 11.5 Å². The Morgan fingerprint density at radius 1 is 1.20 bits per heavy atom. The summed E-state index contributed by atoms with van der Waals surface area (Å²) in [6.07, 6.45) is -0.422. The number of nitrogens with one attached hydrogen (secondary N) is 1. The predicted octanol–water partition coefficient (Wildman–Crippen LogP) is 5.13. The molecule has 1 aliphatic rings. The second-order valence-corrected chi connectivity index (χ2v) is 7.10. The van der Waals surface area contributed by atoms with E-state index in [2.05, 4.69) is 9.97 Å². The molecule has 4 rings (SSSR count). The average Bonchev–Trinajstić information content (AvgIpc) is 3.15. The minimum Gasteiger partial charge on any atom is -0.493 e. The number of anilines is 1. The van der Waals surface area contributed by atoms with E-state index in [9.17, 15) is 22.4 Å². The van der Waals surface area contributed by atoms with Crippen LogP contribution in [0.4, 0.5) is 23.2 Å². The Morgan fingerprint density at radius 2 is 1.97 bits per heavy atom. The van der Waals surface area contributed by atoms with Crippen LogP contribution in [-0.4, -0.2) is 28.9 Å². The largest absolute Gasteiger partial charge is 0.493 e. The molecule has 1 aromatic heterocycles. The summed E-state index contributed by atoms with van der Waals surface area (Å²) >= 11 is 0. The number of halogens is 4. The van der Waals surface area contributed by atoms with E-state index in [1.807, 2.05) is 0 Å². The van der Waals surface area contributed by atoms with Crippen LogP contribution in [0.1, 0.15) is 37.3 Å². The van der Waals surface area contributed by atoms with Gasteiger partial charge in [-0.2, -0.15) is 0 Å². The molecule has 0 radical (unpaired) electrons. The number of nitrogens with zero attached hydrogens (tertiary/aromatic N) is 2. The maximum atomic E-state index is 14.9. The number of rotatable bonds is 6. The zero-order chi connectivity index (χ0) is 21.3. The summed E-state index contributed by atoms with van der Waals surface area (Å²) in [7, 11) is 0. The molecule has 2 aromatic carbocycles. The Balaban J connectivity index is 1.67. The van der Waals surface area contributed by atoms with Crippen molar-refractivity contribution >= 4 is 22.6 Å². The molecule has 1 aliphatic heterocycles. The second kappa shape index (κ2) is 8.33. The molecule has 3 aromatic rings. The zero-order valence-corrected chi connectivity index (χ0v) is 15.9. The van der Waals surface area contributed by atoms with Gasteiger partial charge in [0.05, 0.1) is 30.0 Å². The van der Waals surface area contributed by atoms with Gasteiger partial charge < -0.3 is 14.6 Å². The SMILES string of the molecule is O=C1CCCC(c2c(F)cc(OCCC(F)F)cc2F)N1c1ccc2nc[nH]c2c1. The highest BCUT2D eigenvalue weighted by molar-refractivity contribution is 5.96. The molecule has 1 unspecified atom stereocenters. The lowest BCUT2D eigenvalue weighted by Crippen LogP contribution is -2.39.